The quantitative estimate of drug-likeness (QED) is 0.622. The Morgan fingerprint density at radius 2 is 2.21 bits per heavy atom. The lowest BCUT2D eigenvalue weighted by molar-refractivity contribution is -0.131. The van der Waals surface area contributed by atoms with Gasteiger partial charge in [0.05, 0.1) is 12.1 Å². The fourth-order valence-electron chi connectivity index (χ4n) is 1.45. The number of hydrogen-bond acceptors (Lipinski definition) is 4. The predicted molar refractivity (Wildman–Crippen MR) is 52.1 cm³/mol. The summed E-state index contributed by atoms with van der Waals surface area (Å²) in [5, 5.41) is 6.03. The van der Waals surface area contributed by atoms with Crippen LogP contribution in [0.3, 0.4) is 0 Å². The van der Waals surface area contributed by atoms with E-state index >= 15 is 0 Å². The van der Waals surface area contributed by atoms with E-state index in [1.54, 1.807) is 14.0 Å². The van der Waals surface area contributed by atoms with Crippen LogP contribution in [-0.2, 0) is 14.3 Å². The highest BCUT2D eigenvalue weighted by atomic mass is 16.5. The highest BCUT2D eigenvalue weighted by Gasteiger charge is 2.29. The minimum absolute atomic E-state index is 0.0464. The number of amides is 1. The van der Waals surface area contributed by atoms with E-state index in [1.165, 1.54) is 7.11 Å². The first-order valence-electron chi connectivity index (χ1n) is 4.75. The van der Waals surface area contributed by atoms with E-state index in [0.29, 0.717) is 0 Å². The van der Waals surface area contributed by atoms with Crippen LogP contribution in [0.15, 0.2) is 0 Å². The molecule has 2 N–H and O–H groups in total. The summed E-state index contributed by atoms with van der Waals surface area (Å²) in [7, 11) is 3.17. The van der Waals surface area contributed by atoms with Crippen LogP contribution < -0.4 is 10.6 Å². The number of carbonyl (C=O) groups is 1. The van der Waals surface area contributed by atoms with Gasteiger partial charge in [0.25, 0.3) is 0 Å². The first-order chi connectivity index (χ1) is 6.69. The standard InChI is InChI=1S/C9H18N2O3/c1-6(13-2)9(12)11-7-4-10-5-8(7)14-3/h6-8,10H,4-5H2,1-3H3,(H,11,12)/t6?,7?,8-/m0/s1. The van der Waals surface area contributed by atoms with Gasteiger partial charge in [-0.3, -0.25) is 4.79 Å². The number of nitrogens with one attached hydrogen (secondary N) is 2. The van der Waals surface area contributed by atoms with Gasteiger partial charge in [-0.05, 0) is 6.92 Å². The SMILES string of the molecule is COC(C)C(=O)NC1CNC[C@@H]1OC. The molecule has 0 aliphatic carbocycles. The summed E-state index contributed by atoms with van der Waals surface area (Å²) in [5.74, 6) is -0.0942. The third-order valence-electron chi connectivity index (χ3n) is 2.51. The van der Waals surface area contributed by atoms with Crippen molar-refractivity contribution in [3.8, 4) is 0 Å². The molecule has 0 spiro atoms. The van der Waals surface area contributed by atoms with E-state index in [9.17, 15) is 4.79 Å². The summed E-state index contributed by atoms with van der Waals surface area (Å²) in [6.07, 6.45) is -0.351. The summed E-state index contributed by atoms with van der Waals surface area (Å²) < 4.78 is 10.1. The van der Waals surface area contributed by atoms with Gasteiger partial charge in [0, 0.05) is 27.3 Å². The van der Waals surface area contributed by atoms with Gasteiger partial charge in [0.2, 0.25) is 5.91 Å². The van der Waals surface area contributed by atoms with Gasteiger partial charge in [-0.1, -0.05) is 0 Å². The molecule has 1 aliphatic rings. The molecule has 2 unspecified atom stereocenters. The summed E-state index contributed by atoms with van der Waals surface area (Å²) >= 11 is 0. The summed E-state index contributed by atoms with van der Waals surface area (Å²) in [4.78, 5) is 11.5. The fraction of sp³-hybridized carbons (Fsp3) is 0.889. The van der Waals surface area contributed by atoms with Crippen molar-refractivity contribution in [1.82, 2.24) is 10.6 Å². The van der Waals surface area contributed by atoms with Crippen LogP contribution in [0.2, 0.25) is 0 Å². The average molecular weight is 202 g/mol. The molecule has 1 rings (SSSR count). The molecule has 3 atom stereocenters. The Bertz CT molecular complexity index is 198. The molecular weight excluding hydrogens is 184 g/mol. The number of methoxy groups -OCH3 is 2. The normalized spacial score (nSPS) is 28.8. The van der Waals surface area contributed by atoms with Crippen molar-refractivity contribution in [1.29, 1.82) is 0 Å². The third kappa shape index (κ3) is 2.67. The van der Waals surface area contributed by atoms with E-state index in [1.807, 2.05) is 0 Å². The molecule has 0 radical (unpaired) electrons. The number of ether oxygens (including phenoxy) is 2. The maximum Gasteiger partial charge on any atom is 0.249 e. The van der Waals surface area contributed by atoms with Crippen molar-refractivity contribution in [3.05, 3.63) is 0 Å². The number of rotatable bonds is 4. The topological polar surface area (TPSA) is 59.6 Å². The molecule has 0 aromatic heterocycles. The molecule has 14 heavy (non-hydrogen) atoms. The van der Waals surface area contributed by atoms with Crippen LogP contribution in [0.1, 0.15) is 6.92 Å². The van der Waals surface area contributed by atoms with Crippen LogP contribution in [0.25, 0.3) is 0 Å². The lowest BCUT2D eigenvalue weighted by atomic mass is 10.2. The van der Waals surface area contributed by atoms with E-state index in [2.05, 4.69) is 10.6 Å². The Balaban J connectivity index is 2.39. The molecule has 5 heteroatoms. The Morgan fingerprint density at radius 1 is 1.50 bits per heavy atom. The molecular formula is C9H18N2O3. The van der Waals surface area contributed by atoms with Gasteiger partial charge in [0.15, 0.2) is 0 Å². The second-order valence-electron chi connectivity index (χ2n) is 3.43. The van der Waals surface area contributed by atoms with Crippen LogP contribution in [-0.4, -0.2) is 51.5 Å². The third-order valence-corrected chi connectivity index (χ3v) is 2.51. The molecule has 1 amide bonds. The molecule has 5 nitrogen and oxygen atoms in total. The second-order valence-corrected chi connectivity index (χ2v) is 3.43. The van der Waals surface area contributed by atoms with Crippen molar-refractivity contribution in [3.63, 3.8) is 0 Å². The van der Waals surface area contributed by atoms with Crippen LogP contribution in [0, 0.1) is 0 Å². The summed E-state index contributed by atoms with van der Waals surface area (Å²) in [6.45, 7) is 3.25. The lowest BCUT2D eigenvalue weighted by Gasteiger charge is -2.20. The Kier molecular flexibility index (Phi) is 4.31. The van der Waals surface area contributed by atoms with E-state index in [4.69, 9.17) is 9.47 Å². The van der Waals surface area contributed by atoms with Gasteiger partial charge in [-0.15, -0.1) is 0 Å². The smallest absolute Gasteiger partial charge is 0.249 e. The Morgan fingerprint density at radius 3 is 2.79 bits per heavy atom. The molecule has 0 aromatic rings. The monoisotopic (exact) mass is 202 g/mol. The molecule has 1 aliphatic heterocycles. The second kappa shape index (κ2) is 5.29. The van der Waals surface area contributed by atoms with E-state index < -0.39 is 6.10 Å². The van der Waals surface area contributed by atoms with Crippen molar-refractivity contribution >= 4 is 5.91 Å². The molecule has 82 valence electrons. The van der Waals surface area contributed by atoms with Gasteiger partial charge in [0.1, 0.15) is 6.10 Å². The number of hydrogen-bond donors (Lipinski definition) is 2. The summed E-state index contributed by atoms with van der Waals surface area (Å²) in [5.41, 5.74) is 0. The highest BCUT2D eigenvalue weighted by Crippen LogP contribution is 2.04. The van der Waals surface area contributed by atoms with Gasteiger partial charge < -0.3 is 20.1 Å². The van der Waals surface area contributed by atoms with E-state index in [-0.39, 0.29) is 18.1 Å². The molecule has 1 saturated heterocycles. The molecule has 1 heterocycles. The van der Waals surface area contributed by atoms with Crippen molar-refractivity contribution in [2.45, 2.75) is 25.2 Å². The van der Waals surface area contributed by atoms with Crippen molar-refractivity contribution in [2.24, 2.45) is 0 Å². The predicted octanol–water partition coefficient (Wildman–Crippen LogP) is -0.876. The minimum atomic E-state index is -0.409. The van der Waals surface area contributed by atoms with Crippen LogP contribution in [0.5, 0.6) is 0 Å². The highest BCUT2D eigenvalue weighted by molar-refractivity contribution is 5.80. The number of carbonyl (C=O) groups excluding carboxylic acids is 1. The van der Waals surface area contributed by atoms with Gasteiger partial charge >= 0.3 is 0 Å². The van der Waals surface area contributed by atoms with Gasteiger partial charge in [-0.25, -0.2) is 0 Å². The first kappa shape index (κ1) is 11.4. The largest absolute Gasteiger partial charge is 0.378 e. The average Bonchev–Trinajstić information content (AvgIpc) is 2.63. The van der Waals surface area contributed by atoms with Crippen LogP contribution >= 0.6 is 0 Å². The fourth-order valence-corrected chi connectivity index (χ4v) is 1.45. The molecule has 0 aromatic carbocycles. The molecule has 1 fully saturated rings. The van der Waals surface area contributed by atoms with Crippen molar-refractivity contribution in [2.75, 3.05) is 27.3 Å². The maximum absolute atomic E-state index is 11.5. The van der Waals surface area contributed by atoms with Gasteiger partial charge in [-0.2, -0.15) is 0 Å². The van der Waals surface area contributed by atoms with Crippen LogP contribution in [0.4, 0.5) is 0 Å². The Labute approximate surface area is 84.1 Å². The lowest BCUT2D eigenvalue weighted by Crippen LogP contribution is -2.47. The first-order valence-corrected chi connectivity index (χ1v) is 4.75. The minimum Gasteiger partial charge on any atom is -0.378 e. The molecule has 0 bridgehead atoms. The summed E-state index contributed by atoms with van der Waals surface area (Å²) in [6, 6.07) is 0.0464. The zero-order chi connectivity index (χ0) is 10.6. The zero-order valence-corrected chi connectivity index (χ0v) is 8.87. The zero-order valence-electron chi connectivity index (χ0n) is 8.87. The van der Waals surface area contributed by atoms with E-state index in [0.717, 1.165) is 13.1 Å². The molecule has 0 saturated carbocycles. The van der Waals surface area contributed by atoms with Crippen molar-refractivity contribution < 1.29 is 14.3 Å². The Hall–Kier alpha value is -0.650. The maximum atomic E-state index is 11.5.